The summed E-state index contributed by atoms with van der Waals surface area (Å²) in [6.07, 6.45) is 0. The van der Waals surface area contributed by atoms with Crippen molar-refractivity contribution < 1.29 is 14.2 Å². The van der Waals surface area contributed by atoms with Crippen LogP contribution in [0.4, 0.5) is 4.39 Å². The summed E-state index contributed by atoms with van der Waals surface area (Å²) in [7, 11) is 0. The Labute approximate surface area is 118 Å². The summed E-state index contributed by atoms with van der Waals surface area (Å²) in [5, 5.41) is 9.34. The van der Waals surface area contributed by atoms with E-state index in [4.69, 9.17) is 10.5 Å². The van der Waals surface area contributed by atoms with Crippen molar-refractivity contribution in [3.63, 3.8) is 0 Å². The molecule has 1 unspecified atom stereocenters. The minimum Gasteiger partial charge on any atom is -0.395 e. The van der Waals surface area contributed by atoms with Crippen LogP contribution in [0.25, 0.3) is 0 Å². The molecule has 1 atom stereocenters. The number of hydrogen-bond donors (Lipinski definition) is 2. The lowest BCUT2D eigenvalue weighted by atomic mass is 10.1. The van der Waals surface area contributed by atoms with Crippen molar-refractivity contribution in [3.05, 3.63) is 35.1 Å². The van der Waals surface area contributed by atoms with Gasteiger partial charge in [-0.1, -0.05) is 17.9 Å². The normalized spacial score (nSPS) is 19.4. The predicted octanol–water partition coefficient (Wildman–Crippen LogP) is 0.329. The standard InChI is InChI=1S/C15H19FN2O2/c16-15-4-3-12(8-13(15)2-1-5-17)9-18-6-7-20-11-14(18)10-19/h3-4,8,14,19H,5-7,9-11,17H2. The Morgan fingerprint density at radius 1 is 1.50 bits per heavy atom. The van der Waals surface area contributed by atoms with Gasteiger partial charge in [-0.25, -0.2) is 4.39 Å². The Bertz CT molecular complexity index is 510. The summed E-state index contributed by atoms with van der Waals surface area (Å²) in [5.74, 6) is 5.06. The van der Waals surface area contributed by atoms with Gasteiger partial charge in [-0.3, -0.25) is 4.90 Å². The largest absolute Gasteiger partial charge is 0.395 e. The molecule has 1 aromatic rings. The molecule has 1 saturated heterocycles. The van der Waals surface area contributed by atoms with Crippen LogP contribution in [-0.2, 0) is 11.3 Å². The van der Waals surface area contributed by atoms with Gasteiger partial charge >= 0.3 is 0 Å². The second kappa shape index (κ2) is 7.36. The molecule has 0 radical (unpaired) electrons. The maximum absolute atomic E-state index is 13.6. The summed E-state index contributed by atoms with van der Waals surface area (Å²) >= 11 is 0. The zero-order valence-corrected chi connectivity index (χ0v) is 11.3. The number of hydrogen-bond acceptors (Lipinski definition) is 4. The Morgan fingerprint density at radius 3 is 3.10 bits per heavy atom. The van der Waals surface area contributed by atoms with E-state index in [1.807, 2.05) is 0 Å². The number of rotatable bonds is 3. The first-order valence-electron chi connectivity index (χ1n) is 6.64. The highest BCUT2D eigenvalue weighted by Crippen LogP contribution is 2.15. The van der Waals surface area contributed by atoms with Crippen LogP contribution in [0.5, 0.6) is 0 Å². The van der Waals surface area contributed by atoms with E-state index in [0.29, 0.717) is 25.3 Å². The van der Waals surface area contributed by atoms with Crippen molar-refractivity contribution in [1.82, 2.24) is 4.90 Å². The molecule has 0 saturated carbocycles. The highest BCUT2D eigenvalue weighted by atomic mass is 19.1. The van der Waals surface area contributed by atoms with Gasteiger partial charge in [0.2, 0.25) is 0 Å². The van der Waals surface area contributed by atoms with Crippen LogP contribution in [0.2, 0.25) is 0 Å². The number of aliphatic hydroxyl groups is 1. The van der Waals surface area contributed by atoms with Gasteiger partial charge in [0.05, 0.1) is 38.0 Å². The Hall–Kier alpha value is -1.45. The molecule has 20 heavy (non-hydrogen) atoms. The topological polar surface area (TPSA) is 58.7 Å². The fourth-order valence-electron chi connectivity index (χ4n) is 2.21. The van der Waals surface area contributed by atoms with Crippen LogP contribution in [0.3, 0.4) is 0 Å². The Kier molecular flexibility index (Phi) is 5.50. The molecular formula is C15H19FN2O2. The second-order valence-corrected chi connectivity index (χ2v) is 4.70. The molecule has 0 bridgehead atoms. The number of ether oxygens (including phenoxy) is 1. The van der Waals surface area contributed by atoms with Crippen molar-refractivity contribution in [2.24, 2.45) is 5.73 Å². The molecule has 5 heteroatoms. The second-order valence-electron chi connectivity index (χ2n) is 4.70. The lowest BCUT2D eigenvalue weighted by Crippen LogP contribution is -2.46. The molecule has 108 valence electrons. The van der Waals surface area contributed by atoms with Crippen LogP contribution in [-0.4, -0.2) is 49.0 Å². The van der Waals surface area contributed by atoms with Gasteiger partial charge < -0.3 is 15.6 Å². The van der Waals surface area contributed by atoms with Gasteiger partial charge in [-0.15, -0.1) is 0 Å². The van der Waals surface area contributed by atoms with E-state index in [-0.39, 0.29) is 25.0 Å². The van der Waals surface area contributed by atoms with Gasteiger partial charge in [-0.2, -0.15) is 0 Å². The van der Waals surface area contributed by atoms with Crippen molar-refractivity contribution in [2.75, 3.05) is 32.9 Å². The quantitative estimate of drug-likeness (QED) is 0.782. The zero-order valence-electron chi connectivity index (χ0n) is 11.3. The van der Waals surface area contributed by atoms with Gasteiger partial charge in [0.15, 0.2) is 0 Å². The first kappa shape index (κ1) is 14.9. The lowest BCUT2D eigenvalue weighted by molar-refractivity contribution is -0.0312. The third-order valence-electron chi connectivity index (χ3n) is 3.30. The minimum absolute atomic E-state index is 0.00706. The molecule has 1 aromatic carbocycles. The smallest absolute Gasteiger partial charge is 0.138 e. The number of nitrogens with two attached hydrogens (primary N) is 1. The maximum Gasteiger partial charge on any atom is 0.138 e. The average Bonchev–Trinajstić information content (AvgIpc) is 2.48. The molecule has 0 spiro atoms. The average molecular weight is 278 g/mol. The van der Waals surface area contributed by atoms with Crippen LogP contribution >= 0.6 is 0 Å². The van der Waals surface area contributed by atoms with Gasteiger partial charge in [0.1, 0.15) is 5.82 Å². The summed E-state index contributed by atoms with van der Waals surface area (Å²) in [4.78, 5) is 2.14. The van der Waals surface area contributed by atoms with Gasteiger partial charge in [0, 0.05) is 13.1 Å². The summed E-state index contributed by atoms with van der Waals surface area (Å²) in [6.45, 7) is 2.84. The summed E-state index contributed by atoms with van der Waals surface area (Å²) in [6, 6.07) is 4.89. The fourth-order valence-corrected chi connectivity index (χ4v) is 2.21. The van der Waals surface area contributed by atoms with E-state index < -0.39 is 0 Å². The Balaban J connectivity index is 2.12. The molecule has 0 aliphatic carbocycles. The summed E-state index contributed by atoms with van der Waals surface area (Å²) in [5.41, 5.74) is 6.63. The molecule has 3 N–H and O–H groups in total. The molecule has 1 aliphatic rings. The van der Waals surface area contributed by atoms with Crippen molar-refractivity contribution in [2.45, 2.75) is 12.6 Å². The van der Waals surface area contributed by atoms with Crippen LogP contribution in [0.1, 0.15) is 11.1 Å². The SMILES string of the molecule is NCC#Cc1cc(CN2CCOCC2CO)ccc1F. The molecular weight excluding hydrogens is 259 g/mol. The molecule has 2 rings (SSSR count). The molecule has 0 aromatic heterocycles. The first-order chi connectivity index (χ1) is 9.74. The zero-order chi connectivity index (χ0) is 14.4. The monoisotopic (exact) mass is 278 g/mol. The molecule has 1 fully saturated rings. The summed E-state index contributed by atoms with van der Waals surface area (Å²) < 4.78 is 18.9. The van der Waals surface area contributed by atoms with Crippen molar-refractivity contribution >= 4 is 0 Å². The molecule has 1 heterocycles. The number of morpholine rings is 1. The van der Waals surface area contributed by atoms with Crippen molar-refractivity contribution in [3.8, 4) is 11.8 Å². The van der Waals surface area contributed by atoms with Gasteiger partial charge in [-0.05, 0) is 17.7 Å². The number of halogens is 1. The number of benzene rings is 1. The van der Waals surface area contributed by atoms with E-state index in [0.717, 1.165) is 12.1 Å². The maximum atomic E-state index is 13.6. The fraction of sp³-hybridized carbons (Fsp3) is 0.467. The molecule has 0 amide bonds. The Morgan fingerprint density at radius 2 is 2.35 bits per heavy atom. The van der Waals surface area contributed by atoms with E-state index in [9.17, 15) is 9.50 Å². The van der Waals surface area contributed by atoms with E-state index in [2.05, 4.69) is 16.7 Å². The van der Waals surface area contributed by atoms with Gasteiger partial charge in [0.25, 0.3) is 0 Å². The van der Waals surface area contributed by atoms with Crippen LogP contribution < -0.4 is 5.73 Å². The lowest BCUT2D eigenvalue weighted by Gasteiger charge is -2.34. The number of aliphatic hydroxyl groups excluding tert-OH is 1. The molecule has 4 nitrogen and oxygen atoms in total. The van der Waals surface area contributed by atoms with E-state index >= 15 is 0 Å². The highest BCUT2D eigenvalue weighted by molar-refractivity contribution is 5.38. The van der Waals surface area contributed by atoms with Crippen LogP contribution in [0, 0.1) is 17.7 Å². The van der Waals surface area contributed by atoms with E-state index in [1.165, 1.54) is 6.07 Å². The third kappa shape index (κ3) is 3.78. The third-order valence-corrected chi connectivity index (χ3v) is 3.30. The van der Waals surface area contributed by atoms with Crippen LogP contribution in [0.15, 0.2) is 18.2 Å². The number of nitrogens with zero attached hydrogens (tertiary/aromatic N) is 1. The molecule has 1 aliphatic heterocycles. The first-order valence-corrected chi connectivity index (χ1v) is 6.64. The predicted molar refractivity (Wildman–Crippen MR) is 74.4 cm³/mol. The van der Waals surface area contributed by atoms with E-state index in [1.54, 1.807) is 12.1 Å². The minimum atomic E-state index is -0.338. The van der Waals surface area contributed by atoms with Crippen molar-refractivity contribution in [1.29, 1.82) is 0 Å². The highest BCUT2D eigenvalue weighted by Gasteiger charge is 2.22.